The second-order valence-electron chi connectivity index (χ2n) is 5.94. The van der Waals surface area contributed by atoms with Gasteiger partial charge in [0.1, 0.15) is 0 Å². The lowest BCUT2D eigenvalue weighted by Crippen LogP contribution is -2.56. The Balaban J connectivity index is 2.16. The first kappa shape index (κ1) is 13.6. The molecule has 18 heavy (non-hydrogen) atoms. The maximum absolute atomic E-state index is 6.57. The third kappa shape index (κ3) is 2.45. The molecule has 1 aromatic rings. The second-order valence-corrected chi connectivity index (χ2v) is 5.94. The maximum Gasteiger partial charge on any atom is 0.0357 e. The summed E-state index contributed by atoms with van der Waals surface area (Å²) in [6, 6.07) is 8.84. The van der Waals surface area contributed by atoms with E-state index in [0.717, 1.165) is 6.42 Å². The van der Waals surface area contributed by atoms with Gasteiger partial charge in [0.2, 0.25) is 0 Å². The van der Waals surface area contributed by atoms with Crippen LogP contribution in [0.25, 0.3) is 0 Å². The molecule has 1 atom stereocenters. The first-order valence-electron chi connectivity index (χ1n) is 7.04. The highest BCUT2D eigenvalue weighted by Gasteiger charge is 2.41. The Bertz CT molecular complexity index is 392. The monoisotopic (exact) mass is 246 g/mol. The SMILES string of the molecule is Cc1ccccc1CC(N)C1(N(C)C)CCCC1. The summed E-state index contributed by atoms with van der Waals surface area (Å²) in [6.45, 7) is 2.18. The fourth-order valence-electron chi connectivity index (χ4n) is 3.40. The number of hydrogen-bond acceptors (Lipinski definition) is 2. The molecule has 0 aromatic heterocycles. The van der Waals surface area contributed by atoms with E-state index in [1.165, 1.54) is 36.8 Å². The van der Waals surface area contributed by atoms with Crippen molar-refractivity contribution in [3.63, 3.8) is 0 Å². The number of aryl methyl sites for hydroxylation is 1. The number of likely N-dealkylation sites (N-methyl/N-ethyl adjacent to an activating group) is 1. The fourth-order valence-corrected chi connectivity index (χ4v) is 3.40. The van der Waals surface area contributed by atoms with E-state index in [0.29, 0.717) is 0 Å². The molecule has 100 valence electrons. The van der Waals surface area contributed by atoms with Crippen molar-refractivity contribution in [1.82, 2.24) is 4.90 Å². The van der Waals surface area contributed by atoms with E-state index in [4.69, 9.17) is 5.73 Å². The van der Waals surface area contributed by atoms with Gasteiger partial charge in [-0.15, -0.1) is 0 Å². The van der Waals surface area contributed by atoms with Crippen molar-refractivity contribution in [1.29, 1.82) is 0 Å². The van der Waals surface area contributed by atoms with Crippen LogP contribution in [0.2, 0.25) is 0 Å². The normalized spacial score (nSPS) is 20.3. The summed E-state index contributed by atoms with van der Waals surface area (Å²) in [5, 5.41) is 0. The first-order valence-corrected chi connectivity index (χ1v) is 7.04. The zero-order chi connectivity index (χ0) is 13.2. The van der Waals surface area contributed by atoms with Crippen LogP contribution in [0.5, 0.6) is 0 Å². The van der Waals surface area contributed by atoms with Gasteiger partial charge in [0.25, 0.3) is 0 Å². The van der Waals surface area contributed by atoms with Crippen molar-refractivity contribution in [2.45, 2.75) is 50.6 Å². The van der Waals surface area contributed by atoms with Crippen LogP contribution in [0.4, 0.5) is 0 Å². The number of hydrogen-bond donors (Lipinski definition) is 1. The summed E-state index contributed by atoms with van der Waals surface area (Å²) in [4.78, 5) is 2.36. The molecule has 2 heteroatoms. The minimum atomic E-state index is 0.211. The zero-order valence-corrected chi connectivity index (χ0v) is 11.9. The van der Waals surface area contributed by atoms with Gasteiger partial charge in [-0.05, 0) is 51.4 Å². The molecule has 1 unspecified atom stereocenters. The van der Waals surface area contributed by atoms with Crippen molar-refractivity contribution in [3.05, 3.63) is 35.4 Å². The molecule has 0 saturated heterocycles. The van der Waals surface area contributed by atoms with Gasteiger partial charge in [-0.1, -0.05) is 37.1 Å². The van der Waals surface area contributed by atoms with Crippen LogP contribution < -0.4 is 5.73 Å². The molecule has 2 N–H and O–H groups in total. The minimum absolute atomic E-state index is 0.211. The van der Waals surface area contributed by atoms with Crippen LogP contribution in [0.15, 0.2) is 24.3 Å². The van der Waals surface area contributed by atoms with Crippen molar-refractivity contribution in [3.8, 4) is 0 Å². The van der Waals surface area contributed by atoms with E-state index in [1.807, 2.05) is 0 Å². The van der Waals surface area contributed by atoms with Crippen LogP contribution in [0, 0.1) is 6.92 Å². The maximum atomic E-state index is 6.57. The standard InChI is InChI=1S/C16H26N2/c1-13-8-4-5-9-14(13)12-15(17)16(18(2)3)10-6-7-11-16/h4-5,8-9,15H,6-7,10-12,17H2,1-3H3. The molecule has 1 aromatic carbocycles. The second kappa shape index (κ2) is 5.41. The summed E-state index contributed by atoms with van der Waals surface area (Å²) in [5.41, 5.74) is 9.55. The lowest BCUT2D eigenvalue weighted by atomic mass is 9.83. The molecule has 0 spiro atoms. The summed E-state index contributed by atoms with van der Waals surface area (Å²) in [5.74, 6) is 0. The summed E-state index contributed by atoms with van der Waals surface area (Å²) >= 11 is 0. The van der Waals surface area contributed by atoms with E-state index >= 15 is 0 Å². The Morgan fingerprint density at radius 1 is 1.22 bits per heavy atom. The van der Waals surface area contributed by atoms with Gasteiger partial charge >= 0.3 is 0 Å². The predicted octanol–water partition coefficient (Wildman–Crippen LogP) is 2.74. The van der Waals surface area contributed by atoms with Gasteiger partial charge in [-0.2, -0.15) is 0 Å². The Labute approximate surface area is 111 Å². The molecule has 0 heterocycles. The van der Waals surface area contributed by atoms with E-state index in [9.17, 15) is 0 Å². The van der Waals surface area contributed by atoms with Crippen LogP contribution in [0.1, 0.15) is 36.8 Å². The Hall–Kier alpha value is -0.860. The smallest absolute Gasteiger partial charge is 0.0357 e. The van der Waals surface area contributed by atoms with E-state index < -0.39 is 0 Å². The molecular formula is C16H26N2. The molecule has 2 nitrogen and oxygen atoms in total. The largest absolute Gasteiger partial charge is 0.326 e. The molecule has 1 fully saturated rings. The summed E-state index contributed by atoms with van der Waals surface area (Å²) in [7, 11) is 4.37. The highest BCUT2D eigenvalue weighted by Crippen LogP contribution is 2.37. The lowest BCUT2D eigenvalue weighted by molar-refractivity contribution is 0.123. The quantitative estimate of drug-likeness (QED) is 0.885. The highest BCUT2D eigenvalue weighted by atomic mass is 15.2. The van der Waals surface area contributed by atoms with E-state index in [-0.39, 0.29) is 11.6 Å². The number of nitrogens with zero attached hydrogens (tertiary/aromatic N) is 1. The van der Waals surface area contributed by atoms with Gasteiger partial charge < -0.3 is 10.6 Å². The number of rotatable bonds is 4. The third-order valence-electron chi connectivity index (χ3n) is 4.75. The molecule has 1 aliphatic carbocycles. The van der Waals surface area contributed by atoms with Crippen molar-refractivity contribution >= 4 is 0 Å². The van der Waals surface area contributed by atoms with Crippen LogP contribution in [-0.4, -0.2) is 30.6 Å². The molecule has 0 bridgehead atoms. The molecular weight excluding hydrogens is 220 g/mol. The molecule has 1 aliphatic rings. The minimum Gasteiger partial charge on any atom is -0.326 e. The van der Waals surface area contributed by atoms with E-state index in [2.05, 4.69) is 50.2 Å². The van der Waals surface area contributed by atoms with Crippen LogP contribution >= 0.6 is 0 Å². The van der Waals surface area contributed by atoms with Crippen molar-refractivity contribution < 1.29 is 0 Å². The topological polar surface area (TPSA) is 29.3 Å². The van der Waals surface area contributed by atoms with Gasteiger partial charge in [0.15, 0.2) is 0 Å². The van der Waals surface area contributed by atoms with Crippen molar-refractivity contribution in [2.24, 2.45) is 5.73 Å². The molecule has 2 rings (SSSR count). The summed E-state index contributed by atoms with van der Waals surface area (Å²) < 4.78 is 0. The van der Waals surface area contributed by atoms with Gasteiger partial charge in [-0.3, -0.25) is 0 Å². The summed E-state index contributed by atoms with van der Waals surface area (Å²) in [6.07, 6.45) is 6.12. The Morgan fingerprint density at radius 2 is 1.83 bits per heavy atom. The number of nitrogens with two attached hydrogens (primary N) is 1. The Kier molecular flexibility index (Phi) is 4.08. The molecule has 0 radical (unpaired) electrons. The molecule has 0 amide bonds. The third-order valence-corrected chi connectivity index (χ3v) is 4.75. The van der Waals surface area contributed by atoms with Gasteiger partial charge in [0, 0.05) is 11.6 Å². The van der Waals surface area contributed by atoms with E-state index in [1.54, 1.807) is 0 Å². The average molecular weight is 246 g/mol. The number of benzene rings is 1. The average Bonchev–Trinajstić information content (AvgIpc) is 2.82. The Morgan fingerprint density at radius 3 is 2.39 bits per heavy atom. The fraction of sp³-hybridized carbons (Fsp3) is 0.625. The zero-order valence-electron chi connectivity index (χ0n) is 11.9. The lowest BCUT2D eigenvalue weighted by Gasteiger charge is -2.41. The van der Waals surface area contributed by atoms with Crippen LogP contribution in [-0.2, 0) is 6.42 Å². The van der Waals surface area contributed by atoms with Crippen molar-refractivity contribution in [2.75, 3.05) is 14.1 Å². The highest BCUT2D eigenvalue weighted by molar-refractivity contribution is 5.27. The van der Waals surface area contributed by atoms with Crippen LogP contribution in [0.3, 0.4) is 0 Å². The first-order chi connectivity index (χ1) is 8.56. The molecule has 1 saturated carbocycles. The van der Waals surface area contributed by atoms with Gasteiger partial charge in [-0.25, -0.2) is 0 Å². The predicted molar refractivity (Wildman–Crippen MR) is 77.7 cm³/mol. The molecule has 0 aliphatic heterocycles. The van der Waals surface area contributed by atoms with Gasteiger partial charge in [0.05, 0.1) is 0 Å².